The second kappa shape index (κ2) is 7.69. The molecule has 0 aliphatic rings. The van der Waals surface area contributed by atoms with Crippen LogP contribution >= 0.6 is 11.8 Å². The van der Waals surface area contributed by atoms with Crippen molar-refractivity contribution in [2.45, 2.75) is 25.9 Å². The van der Waals surface area contributed by atoms with Gasteiger partial charge in [-0.05, 0) is 42.9 Å². The van der Waals surface area contributed by atoms with Crippen LogP contribution in [0.3, 0.4) is 0 Å². The molecule has 2 N–H and O–H groups in total. The summed E-state index contributed by atoms with van der Waals surface area (Å²) in [6.07, 6.45) is 2.80. The first kappa shape index (κ1) is 14.5. The topological polar surface area (TPSA) is 32.3 Å². The van der Waals surface area contributed by atoms with Gasteiger partial charge >= 0.3 is 0 Å². The van der Waals surface area contributed by atoms with Gasteiger partial charge in [-0.25, -0.2) is 4.39 Å². The number of benzene rings is 1. The smallest absolute Gasteiger partial charge is 0.123 e. The number of aliphatic hydroxyl groups excluding tert-OH is 1. The Morgan fingerprint density at radius 2 is 2.24 bits per heavy atom. The molecule has 0 aromatic heterocycles. The van der Waals surface area contributed by atoms with E-state index in [-0.39, 0.29) is 12.4 Å². The van der Waals surface area contributed by atoms with Crippen LogP contribution in [0.25, 0.3) is 0 Å². The normalized spacial score (nSPS) is 12.7. The molecule has 0 spiro atoms. The van der Waals surface area contributed by atoms with Crippen LogP contribution in [0.1, 0.15) is 17.5 Å². The molecule has 0 saturated heterocycles. The van der Waals surface area contributed by atoms with E-state index in [9.17, 15) is 4.39 Å². The first-order valence-corrected chi connectivity index (χ1v) is 7.15. The fraction of sp³-hybridized carbons (Fsp3) is 0.538. The maximum absolute atomic E-state index is 12.9. The number of nitrogens with one attached hydrogen (secondary N) is 1. The predicted molar refractivity (Wildman–Crippen MR) is 71.8 cm³/mol. The molecule has 0 aliphatic carbocycles. The SMILES string of the molecule is CSCC(CCO)NCc1ccc(F)cc1C. The van der Waals surface area contributed by atoms with Crippen LogP contribution in [-0.4, -0.2) is 29.8 Å². The van der Waals surface area contributed by atoms with Gasteiger partial charge in [0.1, 0.15) is 5.82 Å². The van der Waals surface area contributed by atoms with E-state index in [1.807, 2.05) is 13.0 Å². The number of aliphatic hydroxyl groups is 1. The fourth-order valence-corrected chi connectivity index (χ4v) is 2.40. The summed E-state index contributed by atoms with van der Waals surface area (Å²) in [5.41, 5.74) is 2.07. The van der Waals surface area contributed by atoms with E-state index in [4.69, 9.17) is 5.11 Å². The summed E-state index contributed by atoms with van der Waals surface area (Å²) in [5, 5.41) is 12.3. The maximum atomic E-state index is 12.9. The molecule has 4 heteroatoms. The van der Waals surface area contributed by atoms with E-state index in [1.165, 1.54) is 6.07 Å². The maximum Gasteiger partial charge on any atom is 0.123 e. The monoisotopic (exact) mass is 257 g/mol. The molecule has 1 aromatic carbocycles. The van der Waals surface area contributed by atoms with Crippen LogP contribution in [0.5, 0.6) is 0 Å². The molecular formula is C13H20FNOS. The van der Waals surface area contributed by atoms with Gasteiger partial charge in [-0.15, -0.1) is 0 Å². The highest BCUT2D eigenvalue weighted by atomic mass is 32.2. The highest BCUT2D eigenvalue weighted by Crippen LogP contribution is 2.11. The van der Waals surface area contributed by atoms with E-state index in [0.717, 1.165) is 29.8 Å². The molecule has 1 unspecified atom stereocenters. The lowest BCUT2D eigenvalue weighted by molar-refractivity contribution is 0.269. The average molecular weight is 257 g/mol. The Hall–Kier alpha value is -0.580. The quantitative estimate of drug-likeness (QED) is 0.786. The van der Waals surface area contributed by atoms with Crippen molar-refractivity contribution in [3.8, 4) is 0 Å². The Morgan fingerprint density at radius 3 is 2.82 bits per heavy atom. The Labute approximate surface area is 107 Å². The molecule has 0 radical (unpaired) electrons. The molecule has 0 bridgehead atoms. The van der Waals surface area contributed by atoms with Crippen molar-refractivity contribution >= 4 is 11.8 Å². The molecule has 0 heterocycles. The van der Waals surface area contributed by atoms with E-state index < -0.39 is 0 Å². The van der Waals surface area contributed by atoms with Crippen molar-refractivity contribution in [2.75, 3.05) is 18.6 Å². The fourth-order valence-electron chi connectivity index (χ4n) is 1.71. The van der Waals surface area contributed by atoms with E-state index in [1.54, 1.807) is 17.8 Å². The van der Waals surface area contributed by atoms with Crippen LogP contribution in [-0.2, 0) is 6.54 Å². The van der Waals surface area contributed by atoms with Gasteiger partial charge < -0.3 is 10.4 Å². The number of aryl methyl sites for hydroxylation is 1. The Balaban J connectivity index is 2.52. The lowest BCUT2D eigenvalue weighted by Gasteiger charge is -2.17. The zero-order valence-electron chi connectivity index (χ0n) is 10.4. The number of halogens is 1. The molecule has 0 amide bonds. The molecule has 17 heavy (non-hydrogen) atoms. The zero-order chi connectivity index (χ0) is 12.7. The van der Waals surface area contributed by atoms with E-state index in [0.29, 0.717) is 6.04 Å². The van der Waals surface area contributed by atoms with Gasteiger partial charge in [0.15, 0.2) is 0 Å². The molecule has 1 rings (SSSR count). The summed E-state index contributed by atoms with van der Waals surface area (Å²) in [7, 11) is 0. The predicted octanol–water partition coefficient (Wildman–Crippen LogP) is 2.34. The molecule has 1 atom stereocenters. The van der Waals surface area contributed by atoms with Crippen LogP contribution in [0.2, 0.25) is 0 Å². The third-order valence-electron chi connectivity index (χ3n) is 2.73. The minimum absolute atomic E-state index is 0.192. The average Bonchev–Trinajstić information content (AvgIpc) is 2.28. The Morgan fingerprint density at radius 1 is 1.47 bits per heavy atom. The minimum atomic E-state index is -0.192. The highest BCUT2D eigenvalue weighted by molar-refractivity contribution is 7.98. The van der Waals surface area contributed by atoms with Gasteiger partial charge in [0.2, 0.25) is 0 Å². The minimum Gasteiger partial charge on any atom is -0.396 e. The van der Waals surface area contributed by atoms with E-state index >= 15 is 0 Å². The lowest BCUT2D eigenvalue weighted by atomic mass is 10.1. The Bertz CT molecular complexity index is 340. The van der Waals surface area contributed by atoms with Crippen molar-refractivity contribution in [3.05, 3.63) is 35.1 Å². The molecule has 0 saturated carbocycles. The summed E-state index contributed by atoms with van der Waals surface area (Å²) in [5.74, 6) is 0.781. The molecular weight excluding hydrogens is 237 g/mol. The number of hydrogen-bond acceptors (Lipinski definition) is 3. The van der Waals surface area contributed by atoms with Crippen LogP contribution in [0.15, 0.2) is 18.2 Å². The van der Waals surface area contributed by atoms with E-state index in [2.05, 4.69) is 11.6 Å². The van der Waals surface area contributed by atoms with Crippen LogP contribution in [0.4, 0.5) is 4.39 Å². The van der Waals surface area contributed by atoms with Crippen molar-refractivity contribution in [1.82, 2.24) is 5.32 Å². The van der Waals surface area contributed by atoms with Gasteiger partial charge in [0, 0.05) is 24.9 Å². The third-order valence-corrected chi connectivity index (χ3v) is 3.47. The third kappa shape index (κ3) is 5.06. The number of thioether (sulfide) groups is 1. The standard InChI is InChI=1S/C13H20FNOS/c1-10-7-12(14)4-3-11(10)8-15-13(5-6-16)9-17-2/h3-4,7,13,15-16H,5-6,8-9H2,1-2H3. The van der Waals surface area contributed by atoms with Crippen molar-refractivity contribution in [2.24, 2.45) is 0 Å². The Kier molecular flexibility index (Phi) is 6.55. The van der Waals surface area contributed by atoms with Crippen molar-refractivity contribution in [3.63, 3.8) is 0 Å². The molecule has 96 valence electrons. The largest absolute Gasteiger partial charge is 0.396 e. The second-order valence-corrected chi connectivity index (χ2v) is 5.03. The molecule has 0 aliphatic heterocycles. The van der Waals surface area contributed by atoms with Crippen LogP contribution < -0.4 is 5.32 Å². The first-order chi connectivity index (χ1) is 8.17. The summed E-state index contributed by atoms with van der Waals surface area (Å²) in [4.78, 5) is 0. The van der Waals surface area contributed by atoms with Gasteiger partial charge in [0.05, 0.1) is 0 Å². The van der Waals surface area contributed by atoms with Gasteiger partial charge in [-0.3, -0.25) is 0 Å². The number of rotatable bonds is 7. The van der Waals surface area contributed by atoms with Gasteiger partial charge in [-0.2, -0.15) is 11.8 Å². The number of hydrogen-bond donors (Lipinski definition) is 2. The zero-order valence-corrected chi connectivity index (χ0v) is 11.2. The van der Waals surface area contributed by atoms with Gasteiger partial charge in [0.25, 0.3) is 0 Å². The van der Waals surface area contributed by atoms with Crippen LogP contribution in [0, 0.1) is 12.7 Å². The van der Waals surface area contributed by atoms with Gasteiger partial charge in [-0.1, -0.05) is 6.07 Å². The summed E-state index contributed by atoms with van der Waals surface area (Å²) in [6, 6.07) is 5.15. The molecule has 2 nitrogen and oxygen atoms in total. The summed E-state index contributed by atoms with van der Waals surface area (Å²) < 4.78 is 12.9. The van der Waals surface area contributed by atoms with Crippen molar-refractivity contribution < 1.29 is 9.50 Å². The summed E-state index contributed by atoms with van der Waals surface area (Å²) >= 11 is 1.76. The molecule has 0 fully saturated rings. The lowest BCUT2D eigenvalue weighted by Crippen LogP contribution is -2.32. The first-order valence-electron chi connectivity index (χ1n) is 5.75. The summed E-state index contributed by atoms with van der Waals surface area (Å²) in [6.45, 7) is 2.83. The highest BCUT2D eigenvalue weighted by Gasteiger charge is 2.07. The molecule has 1 aromatic rings. The van der Waals surface area contributed by atoms with Crippen molar-refractivity contribution in [1.29, 1.82) is 0 Å². The second-order valence-electron chi connectivity index (χ2n) is 4.12.